The molecule has 2 aromatic carbocycles. The van der Waals surface area contributed by atoms with E-state index in [1.54, 1.807) is 12.1 Å². The van der Waals surface area contributed by atoms with E-state index in [4.69, 9.17) is 16.3 Å². The molecule has 2 aromatic rings. The minimum atomic E-state index is -0.650. The van der Waals surface area contributed by atoms with E-state index in [0.29, 0.717) is 10.6 Å². The molecule has 2 rings (SSSR count). The molecule has 0 bridgehead atoms. The topological polar surface area (TPSA) is 38.3 Å². The number of halogens is 2. The highest BCUT2D eigenvalue weighted by Crippen LogP contribution is 2.29. The summed E-state index contributed by atoms with van der Waals surface area (Å²) >= 11 is 9.56. The van der Waals surface area contributed by atoms with E-state index in [0.717, 1.165) is 10.2 Å². The highest BCUT2D eigenvalue weighted by molar-refractivity contribution is 9.10. The van der Waals surface area contributed by atoms with E-state index in [9.17, 15) is 4.79 Å². The van der Waals surface area contributed by atoms with Crippen molar-refractivity contribution in [2.45, 2.75) is 6.04 Å². The number of nitrogens with one attached hydrogen (secondary N) is 1. The lowest BCUT2D eigenvalue weighted by Crippen LogP contribution is -2.22. The Morgan fingerprint density at radius 3 is 2.55 bits per heavy atom. The van der Waals surface area contributed by atoms with Crippen molar-refractivity contribution in [3.05, 3.63) is 63.6 Å². The van der Waals surface area contributed by atoms with E-state index in [1.165, 1.54) is 7.11 Å². The molecule has 20 heavy (non-hydrogen) atoms. The molecule has 5 heteroatoms. The summed E-state index contributed by atoms with van der Waals surface area (Å²) in [4.78, 5) is 12.0. The third kappa shape index (κ3) is 3.52. The maximum atomic E-state index is 12.0. The van der Waals surface area contributed by atoms with Crippen molar-refractivity contribution < 1.29 is 9.53 Å². The van der Waals surface area contributed by atoms with Gasteiger partial charge in [-0.15, -0.1) is 0 Å². The van der Waals surface area contributed by atoms with E-state index in [1.807, 2.05) is 36.4 Å². The minimum absolute atomic E-state index is 0.391. The van der Waals surface area contributed by atoms with Crippen LogP contribution in [0.25, 0.3) is 0 Å². The Morgan fingerprint density at radius 2 is 1.95 bits per heavy atom. The van der Waals surface area contributed by atoms with Gasteiger partial charge in [-0.3, -0.25) is 0 Å². The zero-order chi connectivity index (χ0) is 14.5. The molecular weight excluding hydrogens is 342 g/mol. The fraction of sp³-hybridized carbons (Fsp3) is 0.133. The molecule has 1 unspecified atom stereocenters. The van der Waals surface area contributed by atoms with Crippen molar-refractivity contribution in [2.24, 2.45) is 0 Å². The van der Waals surface area contributed by atoms with Gasteiger partial charge in [-0.1, -0.05) is 51.8 Å². The molecule has 104 valence electrons. The van der Waals surface area contributed by atoms with Crippen LogP contribution in [-0.4, -0.2) is 13.1 Å². The first-order chi connectivity index (χ1) is 9.61. The Morgan fingerprint density at radius 1 is 1.25 bits per heavy atom. The molecule has 0 aromatic heterocycles. The summed E-state index contributed by atoms with van der Waals surface area (Å²) < 4.78 is 5.71. The van der Waals surface area contributed by atoms with Gasteiger partial charge in [-0.05, 0) is 24.3 Å². The summed E-state index contributed by atoms with van der Waals surface area (Å²) in [6.45, 7) is 0. The monoisotopic (exact) mass is 353 g/mol. The van der Waals surface area contributed by atoms with Gasteiger partial charge in [0.05, 0.1) is 7.11 Å². The van der Waals surface area contributed by atoms with Crippen LogP contribution in [0.5, 0.6) is 0 Å². The number of rotatable bonds is 4. The summed E-state index contributed by atoms with van der Waals surface area (Å²) in [5, 5.41) is 3.63. The maximum Gasteiger partial charge on any atom is 0.333 e. The number of hydrogen-bond acceptors (Lipinski definition) is 3. The van der Waals surface area contributed by atoms with Crippen LogP contribution in [0.2, 0.25) is 5.02 Å². The van der Waals surface area contributed by atoms with Gasteiger partial charge < -0.3 is 10.1 Å². The molecule has 0 saturated carbocycles. The largest absolute Gasteiger partial charge is 0.467 e. The molecule has 0 radical (unpaired) electrons. The molecule has 1 N–H and O–H groups in total. The van der Waals surface area contributed by atoms with Gasteiger partial charge in [0.2, 0.25) is 0 Å². The van der Waals surface area contributed by atoms with Crippen LogP contribution in [0.15, 0.2) is 53.0 Å². The third-order valence-corrected chi connectivity index (χ3v) is 3.62. The summed E-state index contributed by atoms with van der Waals surface area (Å²) in [7, 11) is 1.36. The predicted octanol–water partition coefficient (Wildman–Crippen LogP) is 4.43. The maximum absolute atomic E-state index is 12.0. The lowest BCUT2D eigenvalue weighted by Gasteiger charge is -2.19. The minimum Gasteiger partial charge on any atom is -0.467 e. The van der Waals surface area contributed by atoms with E-state index in [-0.39, 0.29) is 0 Å². The van der Waals surface area contributed by atoms with Gasteiger partial charge in [-0.2, -0.15) is 0 Å². The van der Waals surface area contributed by atoms with Crippen molar-refractivity contribution in [2.75, 3.05) is 12.4 Å². The van der Waals surface area contributed by atoms with Crippen molar-refractivity contribution in [3.63, 3.8) is 0 Å². The number of ether oxygens (including phenoxy) is 1. The number of carbonyl (C=O) groups excluding carboxylic acids is 1. The summed E-state index contributed by atoms with van der Waals surface area (Å²) in [6.07, 6.45) is 0. The first-order valence-electron chi connectivity index (χ1n) is 5.96. The fourth-order valence-corrected chi connectivity index (χ4v) is 2.60. The average molecular weight is 355 g/mol. The van der Waals surface area contributed by atoms with Gasteiger partial charge in [-0.25, -0.2) is 4.79 Å². The number of benzene rings is 2. The molecule has 0 saturated heterocycles. The number of esters is 1. The number of carbonyl (C=O) groups is 1. The van der Waals surface area contributed by atoms with E-state index < -0.39 is 12.0 Å². The standard InChI is InChI=1S/C15H13BrClNO2/c1-20-15(19)14(18-11-5-3-2-4-6-11)12-8-7-10(16)9-13(12)17/h2-9,14,18H,1H3. The summed E-state index contributed by atoms with van der Waals surface area (Å²) in [5.41, 5.74) is 1.49. The normalized spacial score (nSPS) is 11.8. The third-order valence-electron chi connectivity index (χ3n) is 2.80. The van der Waals surface area contributed by atoms with Crippen molar-refractivity contribution in [3.8, 4) is 0 Å². The predicted molar refractivity (Wildman–Crippen MR) is 84.0 cm³/mol. The Balaban J connectivity index is 2.35. The van der Waals surface area contributed by atoms with Crippen LogP contribution >= 0.6 is 27.5 Å². The summed E-state index contributed by atoms with van der Waals surface area (Å²) in [5.74, 6) is -0.391. The summed E-state index contributed by atoms with van der Waals surface area (Å²) in [6, 6.07) is 14.2. The number of methoxy groups -OCH3 is 1. The SMILES string of the molecule is COC(=O)C(Nc1ccccc1)c1ccc(Br)cc1Cl. The molecule has 1 atom stereocenters. The Labute approximate surface area is 131 Å². The molecular formula is C15H13BrClNO2. The van der Waals surface area contributed by atoms with Crippen molar-refractivity contribution >= 4 is 39.2 Å². The second-order valence-electron chi connectivity index (χ2n) is 4.13. The Kier molecular flexibility index (Phi) is 5.04. The zero-order valence-corrected chi connectivity index (χ0v) is 13.1. The Hall–Kier alpha value is -1.52. The van der Waals surface area contributed by atoms with Gasteiger partial charge in [0.25, 0.3) is 0 Å². The molecule has 3 nitrogen and oxygen atoms in total. The quantitative estimate of drug-likeness (QED) is 0.826. The second kappa shape index (κ2) is 6.77. The van der Waals surface area contributed by atoms with Crippen LogP contribution < -0.4 is 5.32 Å². The number of hydrogen-bond donors (Lipinski definition) is 1. The van der Waals surface area contributed by atoms with Crippen LogP contribution in [0.4, 0.5) is 5.69 Å². The fourth-order valence-electron chi connectivity index (χ4n) is 1.82. The zero-order valence-electron chi connectivity index (χ0n) is 10.8. The lowest BCUT2D eigenvalue weighted by atomic mass is 10.1. The van der Waals surface area contributed by atoms with Gasteiger partial charge in [0, 0.05) is 20.7 Å². The van der Waals surface area contributed by atoms with Gasteiger partial charge in [0.15, 0.2) is 6.04 Å². The van der Waals surface area contributed by atoms with Crippen LogP contribution in [0, 0.1) is 0 Å². The molecule has 0 fully saturated rings. The first kappa shape index (κ1) is 14.9. The molecule has 0 aliphatic heterocycles. The number of anilines is 1. The van der Waals surface area contributed by atoms with Crippen LogP contribution in [0.1, 0.15) is 11.6 Å². The van der Waals surface area contributed by atoms with E-state index >= 15 is 0 Å². The van der Waals surface area contributed by atoms with Crippen molar-refractivity contribution in [1.29, 1.82) is 0 Å². The number of para-hydroxylation sites is 1. The van der Waals surface area contributed by atoms with Crippen LogP contribution in [-0.2, 0) is 9.53 Å². The van der Waals surface area contributed by atoms with Gasteiger partial charge >= 0.3 is 5.97 Å². The molecule has 0 heterocycles. The first-order valence-corrected chi connectivity index (χ1v) is 7.13. The highest BCUT2D eigenvalue weighted by atomic mass is 79.9. The van der Waals surface area contributed by atoms with Crippen LogP contribution in [0.3, 0.4) is 0 Å². The second-order valence-corrected chi connectivity index (χ2v) is 5.46. The lowest BCUT2D eigenvalue weighted by molar-refractivity contribution is -0.141. The Bertz CT molecular complexity index is 604. The molecule has 0 aliphatic carbocycles. The molecule has 0 spiro atoms. The molecule has 0 aliphatic rings. The molecule has 0 amide bonds. The highest BCUT2D eigenvalue weighted by Gasteiger charge is 2.23. The van der Waals surface area contributed by atoms with E-state index in [2.05, 4.69) is 21.2 Å². The average Bonchev–Trinajstić information content (AvgIpc) is 2.46. The van der Waals surface area contributed by atoms with Crippen molar-refractivity contribution in [1.82, 2.24) is 0 Å². The van der Waals surface area contributed by atoms with Gasteiger partial charge in [0.1, 0.15) is 0 Å². The smallest absolute Gasteiger partial charge is 0.333 e.